The number of fused-ring (bicyclic) bond motifs is 1. The first kappa shape index (κ1) is 30.5. The quantitative estimate of drug-likeness (QED) is 0.225. The maximum absolute atomic E-state index is 13.5. The lowest BCUT2D eigenvalue weighted by Gasteiger charge is -2.33. The summed E-state index contributed by atoms with van der Waals surface area (Å²) >= 11 is 6.13. The molecule has 2 aliphatic rings. The van der Waals surface area contributed by atoms with Gasteiger partial charge in [0.15, 0.2) is 22.5 Å². The van der Waals surface area contributed by atoms with E-state index in [1.807, 2.05) is 35.2 Å². The summed E-state index contributed by atoms with van der Waals surface area (Å²) in [5, 5.41) is 4.09. The average molecular weight is 626 g/mol. The second kappa shape index (κ2) is 13.6. The first-order valence-corrected chi connectivity index (χ1v) is 15.7. The lowest BCUT2D eigenvalue weighted by atomic mass is 9.97. The number of amides is 2. The third-order valence-electron chi connectivity index (χ3n) is 8.56. The van der Waals surface area contributed by atoms with Crippen LogP contribution in [0.4, 0.5) is 5.69 Å². The van der Waals surface area contributed by atoms with Gasteiger partial charge in [-0.05, 0) is 67.1 Å². The summed E-state index contributed by atoms with van der Waals surface area (Å²) in [6.45, 7) is 3.12. The van der Waals surface area contributed by atoms with Crippen molar-refractivity contribution in [3.05, 3.63) is 117 Å². The van der Waals surface area contributed by atoms with Gasteiger partial charge in [-0.2, -0.15) is 0 Å². The van der Waals surface area contributed by atoms with Crippen LogP contribution in [0.5, 0.6) is 5.75 Å². The third kappa shape index (κ3) is 7.07. The van der Waals surface area contributed by atoms with E-state index in [0.29, 0.717) is 35.5 Å². The van der Waals surface area contributed by atoms with E-state index >= 15 is 0 Å². The summed E-state index contributed by atoms with van der Waals surface area (Å²) in [6, 6.07) is 21.9. The van der Waals surface area contributed by atoms with Crippen molar-refractivity contribution in [3.63, 3.8) is 0 Å². The Morgan fingerprint density at radius 3 is 2.51 bits per heavy atom. The Balaban J connectivity index is 1.20. The molecule has 2 aliphatic heterocycles. The van der Waals surface area contributed by atoms with Crippen LogP contribution in [0.2, 0.25) is 5.02 Å². The van der Waals surface area contributed by atoms with Crippen molar-refractivity contribution in [1.29, 1.82) is 0 Å². The summed E-state index contributed by atoms with van der Waals surface area (Å²) in [5.74, 6) is 0.0712. The van der Waals surface area contributed by atoms with Gasteiger partial charge in [0.2, 0.25) is 5.91 Å². The molecule has 2 saturated heterocycles. The van der Waals surface area contributed by atoms with Gasteiger partial charge in [-0.3, -0.25) is 14.4 Å². The van der Waals surface area contributed by atoms with Crippen LogP contribution >= 0.6 is 11.6 Å². The van der Waals surface area contributed by atoms with E-state index in [9.17, 15) is 14.4 Å². The number of carbonyl (C=O) groups excluding carboxylic acids is 2. The number of methoxy groups -OCH3 is 1. The fourth-order valence-corrected chi connectivity index (χ4v) is 6.33. The van der Waals surface area contributed by atoms with Crippen LogP contribution in [0.3, 0.4) is 0 Å². The Kier molecular flexibility index (Phi) is 9.21. The highest BCUT2D eigenvalue weighted by Crippen LogP contribution is 2.29. The van der Waals surface area contributed by atoms with Gasteiger partial charge in [0.1, 0.15) is 0 Å². The second-order valence-corrected chi connectivity index (χ2v) is 12.0. The minimum Gasteiger partial charge on any atom is -0.493 e. The van der Waals surface area contributed by atoms with Gasteiger partial charge in [-0.25, -0.2) is 0 Å². The molecule has 9 heteroatoms. The Morgan fingerprint density at radius 2 is 1.78 bits per heavy atom. The predicted octanol–water partition coefficient (Wildman–Crippen LogP) is 6.15. The van der Waals surface area contributed by atoms with Gasteiger partial charge >= 0.3 is 0 Å². The van der Waals surface area contributed by atoms with Crippen LogP contribution in [0.25, 0.3) is 11.0 Å². The highest BCUT2D eigenvalue weighted by Gasteiger charge is 2.24. The minimum atomic E-state index is -0.474. The van der Waals surface area contributed by atoms with Gasteiger partial charge in [0.25, 0.3) is 5.91 Å². The van der Waals surface area contributed by atoms with Crippen molar-refractivity contribution in [1.82, 2.24) is 10.2 Å². The molecule has 0 spiro atoms. The third-order valence-corrected chi connectivity index (χ3v) is 8.81. The molecule has 4 aromatic rings. The lowest BCUT2D eigenvalue weighted by Crippen LogP contribution is -2.37. The summed E-state index contributed by atoms with van der Waals surface area (Å²) in [6.07, 6.45) is 5.92. The molecule has 1 aromatic heterocycles. The fourth-order valence-electron chi connectivity index (χ4n) is 6.21. The molecule has 8 nitrogen and oxygen atoms in total. The number of ether oxygens (including phenoxy) is 1. The Labute approximate surface area is 267 Å². The molecule has 0 radical (unpaired) electrons. The Bertz CT molecular complexity index is 1790. The highest BCUT2D eigenvalue weighted by molar-refractivity contribution is 6.30. The number of likely N-dealkylation sites (tertiary alicyclic amines) is 1. The number of piperidine rings is 1. The number of nitrogens with one attached hydrogen (secondary N) is 1. The number of para-hydroxylation sites is 2. The molecule has 2 amide bonds. The number of halogens is 1. The van der Waals surface area contributed by atoms with Crippen molar-refractivity contribution in [2.24, 2.45) is 0 Å². The number of rotatable bonds is 9. The lowest BCUT2D eigenvalue weighted by molar-refractivity contribution is -0.128. The van der Waals surface area contributed by atoms with E-state index in [4.69, 9.17) is 20.8 Å². The van der Waals surface area contributed by atoms with Crippen LogP contribution in [-0.2, 0) is 17.8 Å². The number of benzene rings is 3. The minimum absolute atomic E-state index is 0.0700. The van der Waals surface area contributed by atoms with Crippen molar-refractivity contribution in [2.45, 2.75) is 44.7 Å². The van der Waals surface area contributed by atoms with Crippen molar-refractivity contribution in [3.8, 4) is 5.75 Å². The molecule has 0 bridgehead atoms. The molecule has 0 unspecified atom stereocenters. The zero-order chi connectivity index (χ0) is 31.3. The van der Waals surface area contributed by atoms with Gasteiger partial charge in [0.05, 0.1) is 18.5 Å². The van der Waals surface area contributed by atoms with Crippen molar-refractivity contribution in [2.75, 3.05) is 31.6 Å². The molecule has 0 aliphatic carbocycles. The van der Waals surface area contributed by atoms with Gasteiger partial charge in [-0.15, -0.1) is 0 Å². The Hall–Kier alpha value is -4.56. The number of anilines is 1. The van der Waals surface area contributed by atoms with E-state index in [-0.39, 0.29) is 28.7 Å². The number of hydrogen-bond acceptors (Lipinski definition) is 6. The maximum atomic E-state index is 13.5. The maximum Gasteiger partial charge on any atom is 0.287 e. The molecule has 6 rings (SSSR count). The van der Waals surface area contributed by atoms with E-state index in [2.05, 4.69) is 34.5 Å². The average Bonchev–Trinajstić information content (AvgIpc) is 3.46. The van der Waals surface area contributed by atoms with Crippen molar-refractivity contribution >= 4 is 40.1 Å². The molecule has 2 fully saturated rings. The summed E-state index contributed by atoms with van der Waals surface area (Å²) in [7, 11) is 1.49. The van der Waals surface area contributed by atoms with Crippen LogP contribution in [0, 0.1) is 0 Å². The summed E-state index contributed by atoms with van der Waals surface area (Å²) < 4.78 is 11.3. The SMILES string of the molecule is COc1cccc2c(=O)cc(C(=O)N[C@@H](C=C3CCN(c4ccccc4CN4CCCC4=O)CC3)Cc3ccc(Cl)cc3)oc12. The number of carbonyl (C=O) groups is 2. The summed E-state index contributed by atoms with van der Waals surface area (Å²) in [5.41, 5.74) is 4.54. The van der Waals surface area contributed by atoms with Crippen LogP contribution in [0.1, 0.15) is 47.4 Å². The number of nitrogens with zero attached hydrogens (tertiary/aromatic N) is 2. The Morgan fingerprint density at radius 1 is 1.00 bits per heavy atom. The van der Waals surface area contributed by atoms with Crippen LogP contribution in [-0.4, -0.2) is 49.5 Å². The molecule has 1 N–H and O–H groups in total. The molecule has 0 saturated carbocycles. The smallest absolute Gasteiger partial charge is 0.287 e. The molecule has 3 heterocycles. The van der Waals surface area contributed by atoms with Crippen LogP contribution < -0.4 is 20.4 Å². The monoisotopic (exact) mass is 625 g/mol. The molecule has 232 valence electrons. The number of hydrogen-bond donors (Lipinski definition) is 1. The van der Waals surface area contributed by atoms with Gasteiger partial charge < -0.3 is 24.3 Å². The second-order valence-electron chi connectivity index (χ2n) is 11.6. The molecule has 1 atom stereocenters. The molecule has 45 heavy (non-hydrogen) atoms. The normalized spacial score (nSPS) is 15.8. The van der Waals surface area contributed by atoms with E-state index in [0.717, 1.165) is 44.5 Å². The van der Waals surface area contributed by atoms with Crippen molar-refractivity contribution < 1.29 is 18.7 Å². The standard InChI is InChI=1S/C36H36ClN3O5/c1-44-32-9-4-7-29-31(41)22-33(45-35(29)32)36(43)38-28(20-24-11-13-27(37)14-12-24)21-25-15-18-39(19-16-25)30-8-3-2-6-26(30)23-40-17-5-10-34(40)42/h2-4,6-9,11-14,21-22,28H,5,10,15-20,23H2,1H3,(H,38,43)/t28-/m1/s1. The molecular formula is C36H36ClN3O5. The largest absolute Gasteiger partial charge is 0.493 e. The van der Waals surface area contributed by atoms with Gasteiger partial charge in [0, 0.05) is 49.4 Å². The summed E-state index contributed by atoms with van der Waals surface area (Å²) in [4.78, 5) is 43.0. The van der Waals surface area contributed by atoms with E-state index in [1.54, 1.807) is 18.2 Å². The van der Waals surface area contributed by atoms with Gasteiger partial charge in [-0.1, -0.05) is 59.6 Å². The molecule has 3 aromatic carbocycles. The van der Waals surface area contributed by atoms with E-state index < -0.39 is 5.91 Å². The zero-order valence-corrected chi connectivity index (χ0v) is 26.0. The first-order chi connectivity index (χ1) is 21.9. The van der Waals surface area contributed by atoms with E-state index in [1.165, 1.54) is 30.0 Å². The fraction of sp³-hybridized carbons (Fsp3) is 0.306. The highest BCUT2D eigenvalue weighted by atomic mass is 35.5. The zero-order valence-electron chi connectivity index (χ0n) is 25.3. The van der Waals surface area contributed by atoms with Crippen LogP contribution in [0.15, 0.2) is 93.7 Å². The first-order valence-electron chi connectivity index (χ1n) is 15.3. The molecular weight excluding hydrogens is 590 g/mol. The predicted molar refractivity (Wildman–Crippen MR) is 176 cm³/mol. The topological polar surface area (TPSA) is 92.1 Å².